The molecule has 1 saturated heterocycles. The molecule has 1 rings (SSSR count). The Labute approximate surface area is 112 Å². The van der Waals surface area contributed by atoms with Gasteiger partial charge in [0, 0.05) is 32.7 Å². The van der Waals surface area contributed by atoms with E-state index < -0.39 is 0 Å². The Morgan fingerprint density at radius 1 is 1.11 bits per heavy atom. The smallest absolute Gasteiger partial charge is 0.0590 e. The van der Waals surface area contributed by atoms with Crippen molar-refractivity contribution in [3.63, 3.8) is 0 Å². The van der Waals surface area contributed by atoms with E-state index in [0.29, 0.717) is 0 Å². The second-order valence-corrected chi connectivity index (χ2v) is 4.80. The van der Waals surface area contributed by atoms with E-state index in [-0.39, 0.29) is 0 Å². The zero-order chi connectivity index (χ0) is 12.9. The van der Waals surface area contributed by atoms with E-state index in [1.54, 1.807) is 0 Å². The van der Waals surface area contributed by atoms with E-state index in [1.807, 2.05) is 6.92 Å². The zero-order valence-corrected chi connectivity index (χ0v) is 11.8. The summed E-state index contributed by atoms with van der Waals surface area (Å²) in [5, 5.41) is 3.32. The Kier molecular flexibility index (Phi) is 9.92. The van der Waals surface area contributed by atoms with Crippen molar-refractivity contribution in [2.45, 2.75) is 39.0 Å². The van der Waals surface area contributed by atoms with Crippen molar-refractivity contribution in [3.05, 3.63) is 0 Å². The van der Waals surface area contributed by atoms with Crippen LogP contribution in [0.3, 0.4) is 0 Å². The first kappa shape index (κ1) is 15.5. The van der Waals surface area contributed by atoms with Crippen LogP contribution in [0.25, 0.3) is 0 Å². The van der Waals surface area contributed by atoms with E-state index in [2.05, 4.69) is 22.1 Å². The Bertz CT molecular complexity index is 239. The maximum Gasteiger partial charge on any atom is 0.0590 e. The maximum atomic E-state index is 5.61. The fourth-order valence-electron chi connectivity index (χ4n) is 2.22. The van der Waals surface area contributed by atoms with Gasteiger partial charge in [-0.2, -0.15) is 0 Å². The third kappa shape index (κ3) is 8.52. The average molecular weight is 252 g/mol. The number of ether oxygens (including phenoxy) is 1. The lowest BCUT2D eigenvalue weighted by atomic mass is 10.1. The summed E-state index contributed by atoms with van der Waals surface area (Å²) in [5.74, 6) is 5.93. The van der Waals surface area contributed by atoms with Crippen molar-refractivity contribution < 1.29 is 4.74 Å². The van der Waals surface area contributed by atoms with Gasteiger partial charge < -0.3 is 15.0 Å². The number of rotatable bonds is 9. The number of nitrogens with one attached hydrogen (secondary N) is 1. The molecule has 0 atom stereocenters. The van der Waals surface area contributed by atoms with Crippen molar-refractivity contribution in [1.82, 2.24) is 10.2 Å². The van der Waals surface area contributed by atoms with Gasteiger partial charge in [0.15, 0.2) is 0 Å². The fourth-order valence-corrected chi connectivity index (χ4v) is 2.22. The summed E-state index contributed by atoms with van der Waals surface area (Å²) in [6.45, 7) is 9.30. The van der Waals surface area contributed by atoms with Crippen molar-refractivity contribution >= 4 is 0 Å². The lowest BCUT2D eigenvalue weighted by molar-refractivity contribution is 0.118. The summed E-state index contributed by atoms with van der Waals surface area (Å²) in [6.07, 6.45) is 6.28. The van der Waals surface area contributed by atoms with Gasteiger partial charge in [-0.05, 0) is 39.3 Å². The molecule has 0 aromatic rings. The van der Waals surface area contributed by atoms with E-state index in [9.17, 15) is 0 Å². The summed E-state index contributed by atoms with van der Waals surface area (Å²) in [7, 11) is 0. The van der Waals surface area contributed by atoms with Crippen LogP contribution in [0.15, 0.2) is 0 Å². The first-order valence-corrected chi connectivity index (χ1v) is 7.34. The van der Waals surface area contributed by atoms with E-state index in [4.69, 9.17) is 4.74 Å². The van der Waals surface area contributed by atoms with Crippen LogP contribution in [-0.4, -0.2) is 50.8 Å². The molecule has 1 aliphatic rings. The number of hydrogen-bond acceptors (Lipinski definition) is 3. The summed E-state index contributed by atoms with van der Waals surface area (Å²) in [4.78, 5) is 2.56. The molecule has 0 aromatic heterocycles. The van der Waals surface area contributed by atoms with Gasteiger partial charge in [0.1, 0.15) is 0 Å². The van der Waals surface area contributed by atoms with E-state index in [1.165, 1.54) is 45.3 Å². The molecular weight excluding hydrogens is 224 g/mol. The highest BCUT2D eigenvalue weighted by molar-refractivity contribution is 4.94. The highest BCUT2D eigenvalue weighted by Crippen LogP contribution is 2.08. The summed E-state index contributed by atoms with van der Waals surface area (Å²) >= 11 is 0. The molecule has 1 N–H and O–H groups in total. The highest BCUT2D eigenvalue weighted by Gasteiger charge is 2.08. The summed E-state index contributed by atoms with van der Waals surface area (Å²) < 4.78 is 5.61. The van der Waals surface area contributed by atoms with E-state index in [0.717, 1.165) is 32.7 Å². The van der Waals surface area contributed by atoms with Gasteiger partial charge in [-0.3, -0.25) is 0 Å². The van der Waals surface area contributed by atoms with Crippen LogP contribution in [0.5, 0.6) is 0 Å². The molecule has 1 fully saturated rings. The molecule has 3 nitrogen and oxygen atoms in total. The summed E-state index contributed by atoms with van der Waals surface area (Å²) in [5.41, 5.74) is 0. The Balaban J connectivity index is 1.76. The minimum absolute atomic E-state index is 0.819. The van der Waals surface area contributed by atoms with Crippen molar-refractivity contribution in [3.8, 4) is 11.8 Å². The van der Waals surface area contributed by atoms with Gasteiger partial charge in [-0.15, -0.1) is 11.8 Å². The monoisotopic (exact) mass is 252 g/mol. The first-order valence-electron chi connectivity index (χ1n) is 7.34. The molecule has 0 aromatic carbocycles. The molecule has 104 valence electrons. The normalized spacial score (nSPS) is 16.3. The van der Waals surface area contributed by atoms with Crippen LogP contribution >= 0.6 is 0 Å². The Morgan fingerprint density at radius 3 is 2.72 bits per heavy atom. The third-order valence-electron chi connectivity index (χ3n) is 3.24. The minimum Gasteiger partial charge on any atom is -0.380 e. The van der Waals surface area contributed by atoms with Gasteiger partial charge >= 0.3 is 0 Å². The maximum absolute atomic E-state index is 5.61. The molecule has 3 heteroatoms. The molecule has 0 bridgehead atoms. The topological polar surface area (TPSA) is 24.5 Å². The minimum atomic E-state index is 0.819. The van der Waals surface area contributed by atoms with Crippen LogP contribution in [0.1, 0.15) is 39.0 Å². The molecule has 1 heterocycles. The standard InChI is InChI=1S/C15H28N2O/c1-2-3-5-9-16-10-15-18-14-8-13-17-11-6-4-7-12-17/h16H,4-15H2,1H3. The van der Waals surface area contributed by atoms with Crippen LogP contribution in [0.2, 0.25) is 0 Å². The molecular formula is C15H28N2O. The molecule has 0 amide bonds. The van der Waals surface area contributed by atoms with Crippen LogP contribution < -0.4 is 5.32 Å². The molecule has 18 heavy (non-hydrogen) atoms. The predicted molar refractivity (Wildman–Crippen MR) is 76.7 cm³/mol. The Hall–Kier alpha value is -0.560. The molecule has 0 radical (unpaired) electrons. The van der Waals surface area contributed by atoms with Gasteiger partial charge in [0.05, 0.1) is 6.61 Å². The van der Waals surface area contributed by atoms with Crippen molar-refractivity contribution in [2.75, 3.05) is 45.9 Å². The van der Waals surface area contributed by atoms with Crippen LogP contribution in [-0.2, 0) is 4.74 Å². The molecule has 1 aliphatic heterocycles. The molecule has 0 spiro atoms. The number of likely N-dealkylation sites (tertiary alicyclic amines) is 1. The van der Waals surface area contributed by atoms with Gasteiger partial charge in [0.2, 0.25) is 0 Å². The lowest BCUT2D eigenvalue weighted by Gasteiger charge is -2.26. The average Bonchev–Trinajstić information content (AvgIpc) is 2.42. The Morgan fingerprint density at radius 2 is 1.94 bits per heavy atom. The zero-order valence-electron chi connectivity index (χ0n) is 11.8. The lowest BCUT2D eigenvalue weighted by Crippen LogP contribution is -2.31. The number of hydrogen-bond donors (Lipinski definition) is 1. The van der Waals surface area contributed by atoms with Gasteiger partial charge in [0.25, 0.3) is 0 Å². The quantitative estimate of drug-likeness (QED) is 0.501. The molecule has 0 aliphatic carbocycles. The van der Waals surface area contributed by atoms with Gasteiger partial charge in [-0.25, -0.2) is 0 Å². The third-order valence-corrected chi connectivity index (χ3v) is 3.24. The second-order valence-electron chi connectivity index (χ2n) is 4.80. The van der Waals surface area contributed by atoms with Crippen molar-refractivity contribution in [1.29, 1.82) is 0 Å². The second kappa shape index (κ2) is 11.5. The first-order chi connectivity index (χ1) is 8.93. The van der Waals surface area contributed by atoms with Crippen LogP contribution in [0, 0.1) is 11.8 Å². The largest absolute Gasteiger partial charge is 0.380 e. The molecule has 0 unspecified atom stereocenters. The highest BCUT2D eigenvalue weighted by atomic mass is 16.5. The fraction of sp³-hybridized carbons (Fsp3) is 0.867. The predicted octanol–water partition coefficient (Wildman–Crippen LogP) is 1.88. The summed E-state index contributed by atoms with van der Waals surface area (Å²) in [6, 6.07) is 0. The van der Waals surface area contributed by atoms with Gasteiger partial charge in [-0.1, -0.05) is 6.42 Å². The number of piperidine rings is 1. The molecule has 0 saturated carbocycles. The van der Waals surface area contributed by atoms with Crippen LogP contribution in [0.4, 0.5) is 0 Å². The number of nitrogens with zero attached hydrogens (tertiary/aromatic N) is 1. The van der Waals surface area contributed by atoms with E-state index >= 15 is 0 Å². The SMILES string of the molecule is CC#CCCNCCOCCCN1CCCCC1. The van der Waals surface area contributed by atoms with Crippen molar-refractivity contribution in [2.24, 2.45) is 0 Å².